The fraction of sp³-hybridized carbons (Fsp3) is 0. The summed E-state index contributed by atoms with van der Waals surface area (Å²) in [6.45, 7) is 0. The van der Waals surface area contributed by atoms with E-state index >= 15 is 0 Å². The van der Waals surface area contributed by atoms with Crippen molar-refractivity contribution in [1.82, 2.24) is 4.98 Å². The van der Waals surface area contributed by atoms with Gasteiger partial charge in [-0.15, -0.1) is 11.3 Å². The summed E-state index contributed by atoms with van der Waals surface area (Å²) in [5.74, 6) is 0.576. The first-order valence-corrected chi connectivity index (χ1v) is 18.8. The van der Waals surface area contributed by atoms with E-state index in [1.54, 1.807) is 0 Å². The average molecular weight is 711 g/mol. The number of aromatic nitrogens is 1. The second kappa shape index (κ2) is 12.3. The zero-order chi connectivity index (χ0) is 35.6. The molecule has 0 aliphatic heterocycles. The topological polar surface area (TPSA) is 42.4 Å². The van der Waals surface area contributed by atoms with Crippen LogP contribution in [0.3, 0.4) is 0 Å². The first kappa shape index (κ1) is 30.7. The predicted octanol–water partition coefficient (Wildman–Crippen LogP) is 14.6. The van der Waals surface area contributed by atoms with Gasteiger partial charge in [0.05, 0.1) is 5.39 Å². The first-order chi connectivity index (χ1) is 26.7. The van der Waals surface area contributed by atoms with Gasteiger partial charge in [0.25, 0.3) is 0 Å². The van der Waals surface area contributed by atoms with E-state index in [0.717, 1.165) is 55.7 Å². The van der Waals surface area contributed by atoms with E-state index in [1.807, 2.05) is 41.7 Å². The minimum absolute atomic E-state index is 0.576. The maximum absolute atomic E-state index is 6.35. The molecule has 0 aliphatic rings. The predicted molar refractivity (Wildman–Crippen MR) is 225 cm³/mol. The standard InChI is InChI=1S/C49H30N2O2S/c1-2-9-31(10-3-1)32-17-23-35(24-18-32)51(36-25-19-33(20-26-36)38-13-8-16-45-46(38)40-12-5-7-15-44(40)54-45)37-27-21-34(22-28-37)49-50-48-43(53-49)30-29-42-47(48)39-11-4-6-14-41(39)52-42/h1-30H. The molecule has 0 saturated heterocycles. The van der Waals surface area contributed by atoms with Crippen molar-refractivity contribution in [3.8, 4) is 33.7 Å². The Morgan fingerprint density at radius 2 is 0.981 bits per heavy atom. The Balaban J connectivity index is 0.991. The molecule has 0 amide bonds. The average Bonchev–Trinajstić information content (AvgIpc) is 3.95. The van der Waals surface area contributed by atoms with Crippen LogP contribution in [0.4, 0.5) is 17.1 Å². The lowest BCUT2D eigenvalue weighted by molar-refractivity contribution is 0.619. The highest BCUT2D eigenvalue weighted by Gasteiger charge is 2.18. The summed E-state index contributed by atoms with van der Waals surface area (Å²) in [7, 11) is 0. The van der Waals surface area contributed by atoms with Crippen LogP contribution in [0.5, 0.6) is 0 Å². The molecule has 0 radical (unpaired) electrons. The highest BCUT2D eigenvalue weighted by atomic mass is 32.1. The molecule has 0 N–H and O–H groups in total. The number of rotatable bonds is 6. The molecule has 0 bridgehead atoms. The number of thiophene rings is 1. The molecular formula is C49H30N2O2S. The molecule has 4 nitrogen and oxygen atoms in total. The highest BCUT2D eigenvalue weighted by molar-refractivity contribution is 7.25. The van der Waals surface area contributed by atoms with E-state index in [1.165, 1.54) is 42.4 Å². The lowest BCUT2D eigenvalue weighted by atomic mass is 9.99. The van der Waals surface area contributed by atoms with Crippen LogP contribution in [-0.4, -0.2) is 4.98 Å². The number of para-hydroxylation sites is 1. The number of anilines is 3. The fourth-order valence-corrected chi connectivity index (χ4v) is 8.90. The minimum atomic E-state index is 0.576. The lowest BCUT2D eigenvalue weighted by Crippen LogP contribution is -2.09. The minimum Gasteiger partial charge on any atom is -0.456 e. The van der Waals surface area contributed by atoms with Crippen LogP contribution in [0.1, 0.15) is 0 Å². The summed E-state index contributed by atoms with van der Waals surface area (Å²) < 4.78 is 15.1. The Morgan fingerprint density at radius 3 is 1.74 bits per heavy atom. The van der Waals surface area contributed by atoms with Gasteiger partial charge in [-0.3, -0.25) is 0 Å². The van der Waals surface area contributed by atoms with E-state index < -0.39 is 0 Å². The molecule has 3 heterocycles. The third kappa shape index (κ3) is 5.01. The molecule has 54 heavy (non-hydrogen) atoms. The van der Waals surface area contributed by atoms with Gasteiger partial charge in [0.15, 0.2) is 5.58 Å². The van der Waals surface area contributed by atoms with Crippen molar-refractivity contribution in [2.45, 2.75) is 0 Å². The summed E-state index contributed by atoms with van der Waals surface area (Å²) in [4.78, 5) is 7.30. The van der Waals surface area contributed by atoms with E-state index in [4.69, 9.17) is 13.8 Å². The smallest absolute Gasteiger partial charge is 0.227 e. The van der Waals surface area contributed by atoms with E-state index in [9.17, 15) is 0 Å². The molecular weight excluding hydrogens is 681 g/mol. The van der Waals surface area contributed by atoms with Crippen molar-refractivity contribution in [2.75, 3.05) is 4.90 Å². The Morgan fingerprint density at radius 1 is 0.389 bits per heavy atom. The van der Waals surface area contributed by atoms with Gasteiger partial charge in [-0.25, -0.2) is 4.98 Å². The van der Waals surface area contributed by atoms with Gasteiger partial charge in [0.2, 0.25) is 5.89 Å². The molecule has 11 rings (SSSR count). The normalized spacial score (nSPS) is 11.7. The summed E-state index contributed by atoms with van der Waals surface area (Å²) in [6, 6.07) is 64.0. The molecule has 11 aromatic rings. The van der Waals surface area contributed by atoms with Crippen LogP contribution in [0, 0.1) is 0 Å². The largest absolute Gasteiger partial charge is 0.456 e. The zero-order valence-electron chi connectivity index (χ0n) is 28.9. The number of hydrogen-bond acceptors (Lipinski definition) is 5. The second-order valence-electron chi connectivity index (χ2n) is 13.5. The van der Waals surface area contributed by atoms with E-state index in [0.29, 0.717) is 5.89 Å². The quantitative estimate of drug-likeness (QED) is 0.172. The Hall–Kier alpha value is -6.95. The molecule has 0 atom stereocenters. The Labute approximate surface area is 314 Å². The summed E-state index contributed by atoms with van der Waals surface area (Å²) in [5.41, 5.74) is 12.1. The van der Waals surface area contributed by atoms with Gasteiger partial charge in [-0.2, -0.15) is 0 Å². The Kier molecular flexibility index (Phi) is 7.00. The second-order valence-corrected chi connectivity index (χ2v) is 14.6. The van der Waals surface area contributed by atoms with Crippen LogP contribution < -0.4 is 4.90 Å². The third-order valence-electron chi connectivity index (χ3n) is 10.3. The van der Waals surface area contributed by atoms with Crippen LogP contribution in [0.15, 0.2) is 191 Å². The third-order valence-corrected chi connectivity index (χ3v) is 11.5. The van der Waals surface area contributed by atoms with Crippen LogP contribution >= 0.6 is 11.3 Å². The van der Waals surface area contributed by atoms with Gasteiger partial charge < -0.3 is 13.7 Å². The van der Waals surface area contributed by atoms with Crippen molar-refractivity contribution in [3.63, 3.8) is 0 Å². The number of benzene rings is 8. The fourth-order valence-electron chi connectivity index (χ4n) is 7.76. The molecule has 0 fully saturated rings. The zero-order valence-corrected chi connectivity index (χ0v) is 29.8. The van der Waals surface area contributed by atoms with Crippen molar-refractivity contribution < 1.29 is 8.83 Å². The monoisotopic (exact) mass is 710 g/mol. The van der Waals surface area contributed by atoms with E-state index in [2.05, 4.69) is 157 Å². The van der Waals surface area contributed by atoms with Crippen molar-refractivity contribution in [2.24, 2.45) is 0 Å². The highest BCUT2D eigenvalue weighted by Crippen LogP contribution is 2.42. The van der Waals surface area contributed by atoms with Gasteiger partial charge in [-0.1, -0.05) is 103 Å². The maximum Gasteiger partial charge on any atom is 0.227 e. The number of oxazole rings is 1. The Bertz CT molecular complexity index is 3140. The first-order valence-electron chi connectivity index (χ1n) is 18.0. The summed E-state index contributed by atoms with van der Waals surface area (Å²) >= 11 is 1.85. The van der Waals surface area contributed by atoms with Crippen molar-refractivity contribution in [3.05, 3.63) is 182 Å². The van der Waals surface area contributed by atoms with Crippen molar-refractivity contribution >= 4 is 81.6 Å². The molecule has 3 aromatic heterocycles. The maximum atomic E-state index is 6.35. The summed E-state index contributed by atoms with van der Waals surface area (Å²) in [6.07, 6.45) is 0. The number of furan rings is 1. The molecule has 0 unspecified atom stereocenters. The molecule has 8 aromatic carbocycles. The number of nitrogens with zero attached hydrogens (tertiary/aromatic N) is 2. The molecule has 254 valence electrons. The number of fused-ring (bicyclic) bond motifs is 8. The van der Waals surface area contributed by atoms with Crippen molar-refractivity contribution in [1.29, 1.82) is 0 Å². The van der Waals surface area contributed by atoms with Crippen LogP contribution in [0.2, 0.25) is 0 Å². The van der Waals surface area contributed by atoms with Crippen LogP contribution in [0.25, 0.3) is 86.9 Å². The molecule has 0 spiro atoms. The molecule has 0 aliphatic carbocycles. The molecule has 0 saturated carbocycles. The summed E-state index contributed by atoms with van der Waals surface area (Å²) in [5, 5.41) is 4.63. The van der Waals surface area contributed by atoms with Gasteiger partial charge in [0, 0.05) is 48.2 Å². The number of hydrogen-bond donors (Lipinski definition) is 0. The lowest BCUT2D eigenvalue weighted by Gasteiger charge is -2.26. The van der Waals surface area contributed by atoms with Gasteiger partial charge >= 0.3 is 0 Å². The van der Waals surface area contributed by atoms with Gasteiger partial charge in [-0.05, 0) is 101 Å². The molecule has 5 heteroatoms. The van der Waals surface area contributed by atoms with Gasteiger partial charge in [0.1, 0.15) is 16.7 Å². The van der Waals surface area contributed by atoms with Crippen LogP contribution in [-0.2, 0) is 0 Å². The van der Waals surface area contributed by atoms with E-state index in [-0.39, 0.29) is 0 Å². The SMILES string of the molecule is c1ccc(-c2ccc(N(c3ccc(-c4nc5c(ccc6oc7ccccc7c65)o4)cc3)c3ccc(-c4cccc5sc6ccccc6c45)cc3)cc2)cc1.